The zero-order chi connectivity index (χ0) is 13.0. The molecule has 0 saturated carbocycles. The molecule has 1 fully saturated rings. The lowest BCUT2D eigenvalue weighted by atomic mass is 9.97. The molecular formula is C13H17ClN2O2. The molecule has 5 heteroatoms. The van der Waals surface area contributed by atoms with Crippen molar-refractivity contribution in [3.63, 3.8) is 0 Å². The Labute approximate surface area is 112 Å². The highest BCUT2D eigenvalue weighted by molar-refractivity contribution is 6.30. The van der Waals surface area contributed by atoms with Crippen molar-refractivity contribution in [2.45, 2.75) is 12.8 Å². The summed E-state index contributed by atoms with van der Waals surface area (Å²) in [5, 5.41) is 0.699. The number of piperidine rings is 1. The number of carbonyl (C=O) groups is 1. The lowest BCUT2D eigenvalue weighted by Gasteiger charge is -2.30. The Morgan fingerprint density at radius 2 is 1.94 bits per heavy atom. The Hall–Kier alpha value is -1.26. The summed E-state index contributed by atoms with van der Waals surface area (Å²) in [4.78, 5) is 13.2. The number of primary amides is 1. The van der Waals surface area contributed by atoms with Crippen LogP contribution in [0, 0.1) is 5.92 Å². The van der Waals surface area contributed by atoms with Gasteiger partial charge in [-0.05, 0) is 37.1 Å². The van der Waals surface area contributed by atoms with E-state index in [1.54, 1.807) is 12.1 Å². The quantitative estimate of drug-likeness (QED) is 0.907. The molecule has 2 rings (SSSR count). The first kappa shape index (κ1) is 13.2. The molecule has 98 valence electrons. The fraction of sp³-hybridized carbons (Fsp3) is 0.462. The standard InChI is InChI=1S/C13H17ClN2O2/c14-11-1-3-12(4-2-11)18-9-16-7-5-10(6-8-16)13(15)17/h1-4,10H,5-9H2,(H2,15,17). The van der Waals surface area contributed by atoms with Crippen LogP contribution in [-0.2, 0) is 4.79 Å². The van der Waals surface area contributed by atoms with Crippen molar-refractivity contribution in [1.82, 2.24) is 4.90 Å². The van der Waals surface area contributed by atoms with Gasteiger partial charge in [-0.15, -0.1) is 0 Å². The third-order valence-electron chi connectivity index (χ3n) is 3.22. The minimum Gasteiger partial charge on any atom is -0.478 e. The lowest BCUT2D eigenvalue weighted by molar-refractivity contribution is -0.123. The van der Waals surface area contributed by atoms with Crippen LogP contribution in [0.5, 0.6) is 5.75 Å². The van der Waals surface area contributed by atoms with Crippen molar-refractivity contribution in [3.8, 4) is 5.75 Å². The second-order valence-corrected chi connectivity index (χ2v) is 4.96. The second kappa shape index (κ2) is 6.07. The molecule has 1 saturated heterocycles. The van der Waals surface area contributed by atoms with Crippen LogP contribution in [0.15, 0.2) is 24.3 Å². The molecule has 0 radical (unpaired) electrons. The molecule has 0 unspecified atom stereocenters. The summed E-state index contributed by atoms with van der Waals surface area (Å²) in [6, 6.07) is 7.30. The number of likely N-dealkylation sites (tertiary alicyclic amines) is 1. The van der Waals surface area contributed by atoms with Gasteiger partial charge < -0.3 is 10.5 Å². The van der Waals surface area contributed by atoms with Crippen LogP contribution >= 0.6 is 11.6 Å². The maximum atomic E-state index is 11.0. The predicted octanol–water partition coefficient (Wildman–Crippen LogP) is 1.87. The minimum absolute atomic E-state index is 0.0248. The van der Waals surface area contributed by atoms with Crippen LogP contribution in [0.25, 0.3) is 0 Å². The Kier molecular flexibility index (Phi) is 4.44. The first-order valence-corrected chi connectivity index (χ1v) is 6.43. The van der Waals surface area contributed by atoms with Gasteiger partial charge in [-0.25, -0.2) is 0 Å². The zero-order valence-electron chi connectivity index (χ0n) is 10.1. The van der Waals surface area contributed by atoms with E-state index in [9.17, 15) is 4.79 Å². The largest absolute Gasteiger partial charge is 0.478 e. The summed E-state index contributed by atoms with van der Waals surface area (Å²) < 4.78 is 5.65. The average Bonchev–Trinajstić information content (AvgIpc) is 2.38. The van der Waals surface area contributed by atoms with E-state index in [1.165, 1.54) is 0 Å². The third-order valence-corrected chi connectivity index (χ3v) is 3.47. The summed E-state index contributed by atoms with van der Waals surface area (Å²) in [5.41, 5.74) is 5.29. The first-order chi connectivity index (χ1) is 8.65. The van der Waals surface area contributed by atoms with Crippen LogP contribution in [0.2, 0.25) is 5.02 Å². The Morgan fingerprint density at radius 1 is 1.33 bits per heavy atom. The molecule has 2 N–H and O–H groups in total. The summed E-state index contributed by atoms with van der Waals surface area (Å²) in [6.07, 6.45) is 1.64. The van der Waals surface area contributed by atoms with Gasteiger partial charge >= 0.3 is 0 Å². The third kappa shape index (κ3) is 3.62. The van der Waals surface area contributed by atoms with Gasteiger partial charge in [-0.1, -0.05) is 11.6 Å². The number of carbonyl (C=O) groups excluding carboxylic acids is 1. The molecule has 4 nitrogen and oxygen atoms in total. The molecule has 0 spiro atoms. The summed E-state index contributed by atoms with van der Waals surface area (Å²) >= 11 is 5.80. The van der Waals surface area contributed by atoms with Crippen LogP contribution < -0.4 is 10.5 Å². The van der Waals surface area contributed by atoms with Gasteiger partial charge in [0, 0.05) is 24.0 Å². The number of hydrogen-bond donors (Lipinski definition) is 1. The van der Waals surface area contributed by atoms with Crippen LogP contribution in [-0.4, -0.2) is 30.6 Å². The first-order valence-electron chi connectivity index (χ1n) is 6.05. The molecule has 1 aromatic carbocycles. The Morgan fingerprint density at radius 3 is 2.50 bits per heavy atom. The number of benzene rings is 1. The van der Waals surface area contributed by atoms with Crippen molar-refractivity contribution in [2.24, 2.45) is 11.7 Å². The molecule has 0 aliphatic carbocycles. The van der Waals surface area contributed by atoms with Gasteiger partial charge in [-0.3, -0.25) is 9.69 Å². The van der Waals surface area contributed by atoms with E-state index >= 15 is 0 Å². The number of halogens is 1. The number of ether oxygens (including phenoxy) is 1. The van der Waals surface area contributed by atoms with Gasteiger partial charge in [0.1, 0.15) is 12.5 Å². The highest BCUT2D eigenvalue weighted by Crippen LogP contribution is 2.18. The van der Waals surface area contributed by atoms with Crippen molar-refractivity contribution >= 4 is 17.5 Å². The highest BCUT2D eigenvalue weighted by Gasteiger charge is 2.22. The van der Waals surface area contributed by atoms with Crippen LogP contribution in [0.3, 0.4) is 0 Å². The molecule has 1 heterocycles. The smallest absolute Gasteiger partial charge is 0.220 e. The van der Waals surface area contributed by atoms with E-state index < -0.39 is 0 Å². The molecule has 0 aromatic heterocycles. The van der Waals surface area contributed by atoms with Gasteiger partial charge in [0.15, 0.2) is 0 Å². The molecule has 0 atom stereocenters. The molecule has 1 aliphatic heterocycles. The maximum absolute atomic E-state index is 11.0. The second-order valence-electron chi connectivity index (χ2n) is 4.52. The van der Waals surface area contributed by atoms with Crippen molar-refractivity contribution in [2.75, 3.05) is 19.8 Å². The highest BCUT2D eigenvalue weighted by atomic mass is 35.5. The molecule has 1 aromatic rings. The minimum atomic E-state index is -0.187. The van der Waals surface area contributed by atoms with Gasteiger partial charge in [0.05, 0.1) is 0 Å². The van der Waals surface area contributed by atoms with Gasteiger partial charge in [0.2, 0.25) is 5.91 Å². The maximum Gasteiger partial charge on any atom is 0.220 e. The lowest BCUT2D eigenvalue weighted by Crippen LogP contribution is -2.40. The van der Waals surface area contributed by atoms with Crippen molar-refractivity contribution in [3.05, 3.63) is 29.3 Å². The fourth-order valence-electron chi connectivity index (χ4n) is 2.04. The number of rotatable bonds is 4. The average molecular weight is 269 g/mol. The summed E-state index contributed by atoms with van der Waals surface area (Å²) in [7, 11) is 0. The van der Waals surface area contributed by atoms with Crippen molar-refractivity contribution < 1.29 is 9.53 Å². The predicted molar refractivity (Wildman–Crippen MR) is 70.4 cm³/mol. The molecular weight excluding hydrogens is 252 g/mol. The normalized spacial score (nSPS) is 17.6. The van der Waals surface area contributed by atoms with Crippen LogP contribution in [0.4, 0.5) is 0 Å². The van der Waals surface area contributed by atoms with Crippen LogP contribution in [0.1, 0.15) is 12.8 Å². The number of nitrogens with zero attached hydrogens (tertiary/aromatic N) is 1. The number of hydrogen-bond acceptors (Lipinski definition) is 3. The SMILES string of the molecule is NC(=O)C1CCN(COc2ccc(Cl)cc2)CC1. The molecule has 0 bridgehead atoms. The van der Waals surface area contributed by atoms with E-state index in [0.717, 1.165) is 31.7 Å². The zero-order valence-corrected chi connectivity index (χ0v) is 10.9. The molecule has 1 aliphatic rings. The monoisotopic (exact) mass is 268 g/mol. The van der Waals surface area contributed by atoms with Gasteiger partial charge in [-0.2, -0.15) is 0 Å². The van der Waals surface area contributed by atoms with E-state index in [1.807, 2.05) is 12.1 Å². The number of nitrogens with two attached hydrogens (primary N) is 1. The van der Waals surface area contributed by atoms with E-state index in [4.69, 9.17) is 22.1 Å². The topological polar surface area (TPSA) is 55.6 Å². The van der Waals surface area contributed by atoms with Gasteiger partial charge in [0.25, 0.3) is 0 Å². The summed E-state index contributed by atoms with van der Waals surface area (Å²) in [6.45, 7) is 2.23. The Balaban J connectivity index is 1.75. The number of amides is 1. The van der Waals surface area contributed by atoms with E-state index in [-0.39, 0.29) is 11.8 Å². The fourth-order valence-corrected chi connectivity index (χ4v) is 2.17. The van der Waals surface area contributed by atoms with Crippen molar-refractivity contribution in [1.29, 1.82) is 0 Å². The molecule has 18 heavy (non-hydrogen) atoms. The van der Waals surface area contributed by atoms with E-state index in [0.29, 0.717) is 11.8 Å². The Bertz CT molecular complexity index is 400. The van der Waals surface area contributed by atoms with E-state index in [2.05, 4.69) is 4.90 Å². The summed E-state index contributed by atoms with van der Waals surface area (Å²) in [5.74, 6) is 0.640. The molecule has 1 amide bonds.